The summed E-state index contributed by atoms with van der Waals surface area (Å²) < 4.78 is 52.5. The van der Waals surface area contributed by atoms with E-state index < -0.39 is 11.4 Å². The van der Waals surface area contributed by atoms with Crippen molar-refractivity contribution in [3.8, 4) is 0 Å². The number of hydrogen-bond donors (Lipinski definition) is 1. The number of Topliss-reactive ketones (excluding diaryl/α,β-unsaturated/α-hetero) is 1. The topological polar surface area (TPSA) is 55.8 Å². The molecule has 4 nitrogen and oxygen atoms in total. The van der Waals surface area contributed by atoms with E-state index >= 15 is 0 Å². The van der Waals surface area contributed by atoms with Crippen LogP contribution in [0.15, 0.2) is 46.9 Å². The van der Waals surface area contributed by atoms with Crippen LogP contribution in [0.3, 0.4) is 0 Å². The summed E-state index contributed by atoms with van der Waals surface area (Å²) in [5.74, 6) is 13.7. The Morgan fingerprint density at radius 1 is 0.409 bits per heavy atom. The van der Waals surface area contributed by atoms with E-state index in [4.69, 9.17) is 44.3 Å². The van der Waals surface area contributed by atoms with Gasteiger partial charge in [0.1, 0.15) is 17.4 Å². The molecular formula is C98H153BrCl3F3MgO4. The molecule has 0 aromatic heterocycles. The van der Waals surface area contributed by atoms with Crippen LogP contribution in [-0.2, 0) is 19.9 Å². The summed E-state index contributed by atoms with van der Waals surface area (Å²) in [6.45, 7) is 16.4. The van der Waals surface area contributed by atoms with E-state index in [1.54, 1.807) is 25.1 Å². The summed E-state index contributed by atoms with van der Waals surface area (Å²) in [6.07, 6.45) is 70.9. The van der Waals surface area contributed by atoms with Crippen molar-refractivity contribution in [2.45, 2.75) is 375 Å². The smallest absolute Gasteiger partial charge is 1.00 e. The van der Waals surface area contributed by atoms with E-state index in [2.05, 4.69) is 42.8 Å². The summed E-state index contributed by atoms with van der Waals surface area (Å²) in [4.78, 5) is 11.5. The van der Waals surface area contributed by atoms with Crippen molar-refractivity contribution in [2.24, 2.45) is 88.8 Å². The van der Waals surface area contributed by atoms with Gasteiger partial charge in [-0.1, -0.05) is 208 Å². The summed E-state index contributed by atoms with van der Waals surface area (Å²) in [5.41, 5.74) is 3.57. The number of carbonyl (C=O) groups excluding carboxylic acids is 1. The van der Waals surface area contributed by atoms with Crippen LogP contribution in [0.5, 0.6) is 0 Å². The van der Waals surface area contributed by atoms with Crippen LogP contribution >= 0.6 is 50.7 Å². The summed E-state index contributed by atoms with van der Waals surface area (Å²) >= 11 is 20.9. The Bertz CT molecular complexity index is 3050. The van der Waals surface area contributed by atoms with Gasteiger partial charge in [-0.25, -0.2) is 13.2 Å². The Balaban J connectivity index is 0.000000231. The molecule has 1 N–H and O–H groups in total. The molecule has 12 heteroatoms. The zero-order chi connectivity index (χ0) is 77.5. The molecule has 1 unspecified atom stereocenters. The van der Waals surface area contributed by atoms with Gasteiger partial charge < -0.3 is 17.4 Å². The average Bonchev–Trinajstić information content (AvgIpc) is 0.817. The van der Waals surface area contributed by atoms with E-state index in [0.717, 1.165) is 170 Å². The molecular weight excluding hydrogens is 1510 g/mol. The first kappa shape index (κ1) is 94.3. The van der Waals surface area contributed by atoms with Gasteiger partial charge >= 0.3 is 23.1 Å². The molecule has 3 aromatic carbocycles. The number of rotatable bonds is 20. The zero-order valence-electron chi connectivity index (χ0n) is 72.1. The van der Waals surface area contributed by atoms with Gasteiger partial charge in [0.15, 0.2) is 5.82 Å². The maximum Gasteiger partial charge on any atom is 2.00 e. The number of allylic oxidation sites excluding steroid dienone is 2. The van der Waals surface area contributed by atoms with Gasteiger partial charge in [-0.05, 0) is 353 Å². The number of ketones is 1. The predicted molar refractivity (Wildman–Crippen MR) is 467 cm³/mol. The van der Waals surface area contributed by atoms with Crippen LogP contribution in [0.4, 0.5) is 13.2 Å². The average molecular weight is 1660 g/mol. The maximum absolute atomic E-state index is 14.8. The SMILES string of the molecule is C1CCOC1.C1CCOC1.CCCCCC1CCC(C2CCC(C3CC=C(c4ccc(C)c(Cl)c4F)CC3)CC2)CC1.CCCCCC1CCC(C2CCC(C3CCC(=O)CC3)CC2)CC1.CCCCCC1CCC(C2CCC(C3CCC(O)(c4ccc(C)c(Cl)c4F)CC3)CC2)CC1.Cc1ccc(Br)c(F)c1Cl.[H-].[H-].[Mg+2]. The molecule has 11 aliphatic rings. The van der Waals surface area contributed by atoms with Crippen LogP contribution in [0.25, 0.3) is 5.57 Å². The summed E-state index contributed by atoms with van der Waals surface area (Å²) in [6, 6.07) is 10.9. The molecule has 0 bridgehead atoms. The Kier molecular flexibility index (Phi) is 43.5. The van der Waals surface area contributed by atoms with E-state index in [9.17, 15) is 23.1 Å². The molecule has 3 aromatic rings. The largest absolute Gasteiger partial charge is 2.00 e. The third kappa shape index (κ3) is 29.7. The molecule has 1 atom stereocenters. The molecule has 2 heterocycles. The van der Waals surface area contributed by atoms with Crippen LogP contribution in [0.2, 0.25) is 15.1 Å². The minimum Gasteiger partial charge on any atom is -1.00 e. The normalized spacial score (nSPS) is 30.7. The van der Waals surface area contributed by atoms with Gasteiger partial charge in [0.05, 0.1) is 25.1 Å². The van der Waals surface area contributed by atoms with E-state index in [0.29, 0.717) is 39.6 Å². The third-order valence-corrected chi connectivity index (χ3v) is 32.0. The van der Waals surface area contributed by atoms with Crippen molar-refractivity contribution >= 4 is 85.1 Å². The molecule has 2 aliphatic heterocycles. The summed E-state index contributed by atoms with van der Waals surface area (Å²) in [5, 5.41) is 11.9. The minimum absolute atomic E-state index is 0. The first-order chi connectivity index (χ1) is 52.9. The van der Waals surface area contributed by atoms with Crippen LogP contribution in [-0.4, -0.2) is 60.4 Å². The maximum atomic E-state index is 14.8. The Hall–Kier alpha value is -1.14. The van der Waals surface area contributed by atoms with Gasteiger partial charge in [-0.3, -0.25) is 4.79 Å². The Morgan fingerprint density at radius 2 is 0.718 bits per heavy atom. The number of aryl methyl sites for hydroxylation is 3. The van der Waals surface area contributed by atoms with Crippen molar-refractivity contribution < 1.29 is 35.4 Å². The number of benzene rings is 3. The predicted octanol–water partition coefficient (Wildman–Crippen LogP) is 31.4. The number of halogens is 7. The second-order valence-corrected chi connectivity index (χ2v) is 39.1. The quantitative estimate of drug-likeness (QED) is 0.0696. The minimum atomic E-state index is -1.05. The van der Waals surface area contributed by atoms with Gasteiger partial charge in [0.2, 0.25) is 0 Å². The first-order valence-corrected chi connectivity index (χ1v) is 47.9. The van der Waals surface area contributed by atoms with Gasteiger partial charge in [0.25, 0.3) is 0 Å². The van der Waals surface area contributed by atoms with Gasteiger partial charge in [0, 0.05) is 50.4 Å². The van der Waals surface area contributed by atoms with Crippen LogP contribution in [0, 0.1) is 127 Å². The van der Waals surface area contributed by atoms with Crippen molar-refractivity contribution in [2.75, 3.05) is 26.4 Å². The van der Waals surface area contributed by atoms with Crippen molar-refractivity contribution in [1.29, 1.82) is 0 Å². The number of hydrogen-bond acceptors (Lipinski definition) is 4. The molecule has 0 radical (unpaired) electrons. The second-order valence-electron chi connectivity index (χ2n) is 37.1. The first-order valence-electron chi connectivity index (χ1n) is 45.9. The van der Waals surface area contributed by atoms with Gasteiger partial charge in [-0.15, -0.1) is 0 Å². The number of ether oxygens (including phenoxy) is 2. The second kappa shape index (κ2) is 50.7. The molecule has 620 valence electrons. The molecule has 9 aliphatic carbocycles. The third-order valence-electron chi connectivity index (χ3n) is 29.9. The van der Waals surface area contributed by atoms with Crippen LogP contribution in [0.1, 0.15) is 379 Å². The molecule has 0 amide bonds. The number of unbranched alkanes of at least 4 members (excludes halogenated alkanes) is 6. The van der Waals surface area contributed by atoms with E-state index in [1.165, 1.54) is 282 Å². The van der Waals surface area contributed by atoms with E-state index in [-0.39, 0.29) is 47.6 Å². The molecule has 0 spiro atoms. The van der Waals surface area contributed by atoms with Gasteiger partial charge in [-0.2, -0.15) is 0 Å². The number of carbonyl (C=O) groups is 1. The molecule has 14 rings (SSSR count). The fourth-order valence-corrected chi connectivity index (χ4v) is 23.5. The monoisotopic (exact) mass is 1660 g/mol. The van der Waals surface area contributed by atoms with Crippen molar-refractivity contribution in [3.63, 3.8) is 0 Å². The van der Waals surface area contributed by atoms with Crippen molar-refractivity contribution in [1.82, 2.24) is 0 Å². The Labute approximate surface area is 712 Å². The van der Waals surface area contributed by atoms with Crippen LogP contribution < -0.4 is 0 Å². The standard InChI is InChI=1S/C30H46ClFO.C30H44ClF.C23H40O.C7H5BrClF.2C4H8O.Mg.2H/c1-3-4-5-6-22-8-10-23(11-9-22)24-12-14-25(15-13-24)26-17-19-30(33,20-18-26)27-16-7-21(2)28(31)29(27)32;1-3-4-5-6-22-8-10-23(11-9-22)24-12-14-25(15-13-24)26-16-18-27(19-17-26)28-20-7-21(2)29(31)30(28)32;1-2-3-4-5-18-6-8-19(9-7-18)20-10-12-21(13-11-20)22-14-16-23(24)17-15-22;1-4-2-3-5(8)7(10)6(4)9;2*1-2-4-5-3-1;;;/h7,16,22-26,33H,3-6,8-15,17-20H2,1-2H3;7,18,20,22-26H,3-6,8-17,19H2,1-2H3;18-22H,2-17H2,1H3;2-3H,1H3;2*1-4H2;;;/q;;;;;;+2;2*-1. The number of aliphatic hydroxyl groups is 1. The molecule has 2 saturated heterocycles. The fraction of sp³-hybridized carbons (Fsp3) is 0.786. The van der Waals surface area contributed by atoms with Crippen molar-refractivity contribution in [3.05, 3.63) is 107 Å². The molecule has 10 fully saturated rings. The summed E-state index contributed by atoms with van der Waals surface area (Å²) in [7, 11) is 0. The molecule has 8 saturated carbocycles. The van der Waals surface area contributed by atoms with E-state index in [1.807, 2.05) is 32.0 Å². The molecule has 110 heavy (non-hydrogen) atoms. The Morgan fingerprint density at radius 3 is 1.05 bits per heavy atom. The zero-order valence-corrected chi connectivity index (χ0v) is 75.4. The fourth-order valence-electron chi connectivity index (χ4n) is 22.5.